The summed E-state index contributed by atoms with van der Waals surface area (Å²) in [7, 11) is 1.86. The summed E-state index contributed by atoms with van der Waals surface area (Å²) in [6, 6.07) is 7.83. The van der Waals surface area contributed by atoms with Crippen molar-refractivity contribution in [1.29, 1.82) is 5.26 Å². The smallest absolute Gasteiger partial charge is 0.100 e. The first-order chi connectivity index (χ1) is 5.83. The fourth-order valence-corrected chi connectivity index (χ4v) is 1.77. The van der Waals surface area contributed by atoms with Crippen molar-refractivity contribution >= 4 is 17.4 Å². The van der Waals surface area contributed by atoms with Gasteiger partial charge in [-0.05, 0) is 18.4 Å². The molecule has 1 rings (SSSR count). The van der Waals surface area contributed by atoms with Crippen LogP contribution in [-0.4, -0.2) is 13.3 Å². The maximum absolute atomic E-state index is 8.78. The highest BCUT2D eigenvalue weighted by molar-refractivity contribution is 7.98. The highest BCUT2D eigenvalue weighted by Crippen LogP contribution is 2.28. The highest BCUT2D eigenvalue weighted by Gasteiger charge is 2.04. The Labute approximate surface area is 76.6 Å². The third-order valence-corrected chi connectivity index (χ3v) is 2.46. The van der Waals surface area contributed by atoms with E-state index in [-0.39, 0.29) is 0 Å². The molecular weight excluding hydrogens is 168 g/mol. The standard InChI is InChI=1S/C9H10N2S/c1-11-8-5-3-4-7(6-10)9(8)12-2/h3-5,11H,1-2H3. The quantitative estimate of drug-likeness (QED) is 0.706. The molecule has 0 heterocycles. The first-order valence-electron chi connectivity index (χ1n) is 3.58. The monoisotopic (exact) mass is 178 g/mol. The van der Waals surface area contributed by atoms with Gasteiger partial charge >= 0.3 is 0 Å². The topological polar surface area (TPSA) is 35.8 Å². The summed E-state index contributed by atoms with van der Waals surface area (Å²) < 4.78 is 0. The van der Waals surface area contributed by atoms with Crippen molar-refractivity contribution in [3.63, 3.8) is 0 Å². The number of nitrogens with zero attached hydrogens (tertiary/aromatic N) is 1. The molecule has 0 aliphatic rings. The number of hydrogen-bond acceptors (Lipinski definition) is 3. The second-order valence-corrected chi connectivity index (χ2v) is 3.06. The summed E-state index contributed by atoms with van der Waals surface area (Å²) in [6.45, 7) is 0. The van der Waals surface area contributed by atoms with Crippen molar-refractivity contribution in [3.05, 3.63) is 23.8 Å². The maximum atomic E-state index is 8.78. The van der Waals surface area contributed by atoms with Gasteiger partial charge in [0.25, 0.3) is 0 Å². The second-order valence-electron chi connectivity index (χ2n) is 2.25. The molecule has 0 saturated heterocycles. The fourth-order valence-electron chi connectivity index (χ4n) is 1.04. The minimum absolute atomic E-state index is 0.731. The molecule has 2 nitrogen and oxygen atoms in total. The van der Waals surface area contributed by atoms with E-state index in [1.54, 1.807) is 11.8 Å². The van der Waals surface area contributed by atoms with Crippen LogP contribution >= 0.6 is 11.8 Å². The molecule has 0 aromatic heterocycles. The van der Waals surface area contributed by atoms with Crippen LogP contribution in [0.3, 0.4) is 0 Å². The minimum Gasteiger partial charge on any atom is -0.387 e. The van der Waals surface area contributed by atoms with Crippen LogP contribution in [0.4, 0.5) is 5.69 Å². The third-order valence-electron chi connectivity index (χ3n) is 1.61. The SMILES string of the molecule is CNc1cccc(C#N)c1SC. The molecule has 0 bridgehead atoms. The molecule has 0 fully saturated rings. The molecule has 62 valence electrons. The van der Waals surface area contributed by atoms with Gasteiger partial charge in [0, 0.05) is 17.6 Å². The van der Waals surface area contributed by atoms with Gasteiger partial charge in [0.05, 0.1) is 5.56 Å². The average molecular weight is 178 g/mol. The lowest BCUT2D eigenvalue weighted by molar-refractivity contribution is 1.33. The molecular formula is C9H10N2S. The van der Waals surface area contributed by atoms with Crippen molar-refractivity contribution < 1.29 is 0 Å². The Balaban J connectivity index is 3.24. The summed E-state index contributed by atoms with van der Waals surface area (Å²) in [5, 5.41) is 11.8. The third kappa shape index (κ3) is 1.54. The molecule has 0 spiro atoms. The zero-order chi connectivity index (χ0) is 8.97. The van der Waals surface area contributed by atoms with Crippen molar-refractivity contribution in [2.75, 3.05) is 18.6 Å². The van der Waals surface area contributed by atoms with E-state index in [4.69, 9.17) is 5.26 Å². The van der Waals surface area contributed by atoms with Crippen molar-refractivity contribution in [2.45, 2.75) is 4.90 Å². The average Bonchev–Trinajstić information content (AvgIpc) is 2.16. The Morgan fingerprint density at radius 2 is 2.25 bits per heavy atom. The van der Waals surface area contributed by atoms with E-state index >= 15 is 0 Å². The minimum atomic E-state index is 0.731. The lowest BCUT2D eigenvalue weighted by Gasteiger charge is -2.06. The number of thioether (sulfide) groups is 1. The van der Waals surface area contributed by atoms with E-state index < -0.39 is 0 Å². The van der Waals surface area contributed by atoms with Gasteiger partial charge in [0.1, 0.15) is 6.07 Å². The molecule has 0 amide bonds. The predicted molar refractivity (Wildman–Crippen MR) is 52.5 cm³/mol. The normalized spacial score (nSPS) is 9.08. The first kappa shape index (κ1) is 8.95. The van der Waals surface area contributed by atoms with E-state index in [1.165, 1.54) is 0 Å². The molecule has 12 heavy (non-hydrogen) atoms. The Hall–Kier alpha value is -1.14. The summed E-state index contributed by atoms with van der Waals surface area (Å²) in [5.74, 6) is 0. The van der Waals surface area contributed by atoms with Crippen molar-refractivity contribution in [3.8, 4) is 6.07 Å². The maximum Gasteiger partial charge on any atom is 0.100 e. The van der Waals surface area contributed by atoms with Gasteiger partial charge < -0.3 is 5.32 Å². The van der Waals surface area contributed by atoms with Gasteiger partial charge in [-0.15, -0.1) is 11.8 Å². The first-order valence-corrected chi connectivity index (χ1v) is 4.80. The van der Waals surface area contributed by atoms with Crippen LogP contribution < -0.4 is 5.32 Å². The molecule has 0 radical (unpaired) electrons. The van der Waals surface area contributed by atoms with Crippen LogP contribution in [0.25, 0.3) is 0 Å². The molecule has 1 aromatic rings. The fraction of sp³-hybridized carbons (Fsp3) is 0.222. The number of nitrogens with one attached hydrogen (secondary N) is 1. The van der Waals surface area contributed by atoms with Gasteiger partial charge in [-0.25, -0.2) is 0 Å². The number of benzene rings is 1. The van der Waals surface area contributed by atoms with Crippen LogP contribution in [0.2, 0.25) is 0 Å². The zero-order valence-corrected chi connectivity index (χ0v) is 7.90. The molecule has 0 atom stereocenters. The van der Waals surface area contributed by atoms with Crippen LogP contribution in [0.5, 0.6) is 0 Å². The van der Waals surface area contributed by atoms with Crippen LogP contribution in [0, 0.1) is 11.3 Å². The lowest BCUT2D eigenvalue weighted by atomic mass is 10.2. The Morgan fingerprint density at radius 1 is 1.50 bits per heavy atom. The van der Waals surface area contributed by atoms with E-state index in [9.17, 15) is 0 Å². The van der Waals surface area contributed by atoms with E-state index in [1.807, 2.05) is 31.5 Å². The molecule has 0 saturated carbocycles. The predicted octanol–water partition coefficient (Wildman–Crippen LogP) is 2.32. The van der Waals surface area contributed by atoms with Crippen LogP contribution in [0.1, 0.15) is 5.56 Å². The van der Waals surface area contributed by atoms with Gasteiger partial charge in [-0.2, -0.15) is 5.26 Å². The van der Waals surface area contributed by atoms with Crippen LogP contribution in [-0.2, 0) is 0 Å². The molecule has 0 unspecified atom stereocenters. The largest absolute Gasteiger partial charge is 0.387 e. The molecule has 1 N–H and O–H groups in total. The lowest BCUT2D eigenvalue weighted by Crippen LogP contribution is -1.92. The summed E-state index contributed by atoms with van der Waals surface area (Å²) in [4.78, 5) is 1.02. The summed E-state index contributed by atoms with van der Waals surface area (Å²) in [5.41, 5.74) is 1.75. The molecule has 0 aliphatic carbocycles. The van der Waals surface area contributed by atoms with Crippen molar-refractivity contribution in [2.24, 2.45) is 0 Å². The Kier molecular flexibility index (Phi) is 3.01. The number of nitriles is 1. The molecule has 3 heteroatoms. The molecule has 0 aliphatic heterocycles. The van der Waals surface area contributed by atoms with E-state index in [0.29, 0.717) is 0 Å². The van der Waals surface area contributed by atoms with Crippen LogP contribution in [0.15, 0.2) is 23.1 Å². The Morgan fingerprint density at radius 3 is 2.75 bits per heavy atom. The van der Waals surface area contributed by atoms with E-state index in [0.717, 1.165) is 16.1 Å². The number of rotatable bonds is 2. The number of anilines is 1. The number of hydrogen-bond donors (Lipinski definition) is 1. The zero-order valence-electron chi connectivity index (χ0n) is 7.09. The van der Waals surface area contributed by atoms with Gasteiger partial charge in [0.2, 0.25) is 0 Å². The van der Waals surface area contributed by atoms with Gasteiger partial charge in [-0.3, -0.25) is 0 Å². The van der Waals surface area contributed by atoms with Crippen molar-refractivity contribution in [1.82, 2.24) is 0 Å². The summed E-state index contributed by atoms with van der Waals surface area (Å²) in [6.07, 6.45) is 1.97. The van der Waals surface area contributed by atoms with Gasteiger partial charge in [-0.1, -0.05) is 6.07 Å². The molecule has 1 aromatic carbocycles. The highest BCUT2D eigenvalue weighted by atomic mass is 32.2. The Bertz CT molecular complexity index is 315. The second kappa shape index (κ2) is 4.03. The van der Waals surface area contributed by atoms with Gasteiger partial charge in [0.15, 0.2) is 0 Å². The summed E-state index contributed by atoms with van der Waals surface area (Å²) >= 11 is 1.59. The van der Waals surface area contributed by atoms with E-state index in [2.05, 4.69) is 11.4 Å².